The second-order valence-corrected chi connectivity index (χ2v) is 5.67. The van der Waals surface area contributed by atoms with Crippen LogP contribution in [0.5, 0.6) is 23.0 Å². The Hall–Kier alpha value is -2.73. The summed E-state index contributed by atoms with van der Waals surface area (Å²) in [6.07, 6.45) is 0. The van der Waals surface area contributed by atoms with Crippen LogP contribution in [0.3, 0.4) is 0 Å². The summed E-state index contributed by atoms with van der Waals surface area (Å²) < 4.78 is 20.8. The van der Waals surface area contributed by atoms with Crippen LogP contribution in [-0.4, -0.2) is 23.4 Å². The Bertz CT molecular complexity index is 858. The molecule has 0 saturated carbocycles. The average molecular weight is 327 g/mol. The van der Waals surface area contributed by atoms with E-state index in [2.05, 4.69) is 4.37 Å². The maximum Gasteiger partial charge on any atom is 0.231 e. The number of aromatic hydroxyl groups is 1. The van der Waals surface area contributed by atoms with Crippen LogP contribution >= 0.6 is 11.5 Å². The molecule has 23 heavy (non-hydrogen) atoms. The number of rotatable bonds is 3. The van der Waals surface area contributed by atoms with Crippen molar-refractivity contribution in [3.05, 3.63) is 41.8 Å². The van der Waals surface area contributed by atoms with E-state index in [9.17, 15) is 5.11 Å². The number of nitrogens with zero attached hydrogens (tertiary/aromatic N) is 1. The third-order valence-electron chi connectivity index (χ3n) is 3.68. The number of hydrogen-bond donors (Lipinski definition) is 1. The van der Waals surface area contributed by atoms with E-state index in [1.165, 1.54) is 11.5 Å². The van der Waals surface area contributed by atoms with Crippen LogP contribution in [0, 0.1) is 0 Å². The molecule has 6 heteroatoms. The molecule has 0 fully saturated rings. The minimum atomic E-state index is 0.191. The van der Waals surface area contributed by atoms with E-state index in [-0.39, 0.29) is 12.5 Å². The van der Waals surface area contributed by atoms with Crippen molar-refractivity contribution in [2.45, 2.75) is 0 Å². The van der Waals surface area contributed by atoms with Gasteiger partial charge in [-0.05, 0) is 41.4 Å². The summed E-state index contributed by atoms with van der Waals surface area (Å²) in [5, 5.41) is 11.4. The standard InChI is InChI=1S/C17H13NO4S/c1-20-14-6-11(7-15-17(14)22-9-21-15)16-13(8-23-18-16)10-2-4-12(19)5-3-10/h2-8,19H,9H2,1H3. The molecule has 2 aromatic carbocycles. The first-order chi connectivity index (χ1) is 11.3. The lowest BCUT2D eigenvalue weighted by Gasteiger charge is -2.08. The van der Waals surface area contributed by atoms with Gasteiger partial charge in [-0.1, -0.05) is 12.1 Å². The molecule has 3 aromatic rings. The number of methoxy groups -OCH3 is 1. The highest BCUT2D eigenvalue weighted by molar-refractivity contribution is 7.04. The molecule has 1 aliphatic heterocycles. The minimum Gasteiger partial charge on any atom is -0.508 e. The first kappa shape index (κ1) is 13.9. The molecule has 1 aliphatic rings. The quantitative estimate of drug-likeness (QED) is 0.790. The Balaban J connectivity index is 1.83. The zero-order valence-electron chi connectivity index (χ0n) is 12.3. The fourth-order valence-electron chi connectivity index (χ4n) is 2.56. The van der Waals surface area contributed by atoms with E-state index in [1.807, 2.05) is 29.6 Å². The molecule has 116 valence electrons. The molecule has 1 aromatic heterocycles. The highest BCUT2D eigenvalue weighted by Gasteiger charge is 2.22. The van der Waals surface area contributed by atoms with Gasteiger partial charge < -0.3 is 19.3 Å². The molecule has 0 bridgehead atoms. The lowest BCUT2D eigenvalue weighted by molar-refractivity contribution is 0.171. The SMILES string of the molecule is COc1cc(-c2nscc2-c2ccc(O)cc2)cc2c1OCO2. The Kier molecular flexibility index (Phi) is 3.31. The van der Waals surface area contributed by atoms with E-state index in [4.69, 9.17) is 14.2 Å². The van der Waals surface area contributed by atoms with E-state index >= 15 is 0 Å². The predicted octanol–water partition coefficient (Wildman–Crippen LogP) is 3.92. The van der Waals surface area contributed by atoms with Crippen LogP contribution in [0.25, 0.3) is 22.4 Å². The maximum absolute atomic E-state index is 9.45. The number of phenolic OH excluding ortho intramolecular Hbond substituents is 1. The van der Waals surface area contributed by atoms with Crippen molar-refractivity contribution in [2.24, 2.45) is 0 Å². The largest absolute Gasteiger partial charge is 0.508 e. The zero-order valence-corrected chi connectivity index (χ0v) is 13.1. The zero-order chi connectivity index (χ0) is 15.8. The Labute approximate surface area is 136 Å². The molecule has 5 nitrogen and oxygen atoms in total. The van der Waals surface area contributed by atoms with Gasteiger partial charge in [0, 0.05) is 16.5 Å². The molecule has 0 aliphatic carbocycles. The van der Waals surface area contributed by atoms with Gasteiger partial charge in [-0.25, -0.2) is 0 Å². The third-order valence-corrected chi connectivity index (χ3v) is 4.31. The monoisotopic (exact) mass is 327 g/mol. The van der Waals surface area contributed by atoms with Crippen LogP contribution in [0.1, 0.15) is 0 Å². The lowest BCUT2D eigenvalue weighted by Crippen LogP contribution is -1.93. The van der Waals surface area contributed by atoms with Gasteiger partial charge in [0.05, 0.1) is 12.8 Å². The van der Waals surface area contributed by atoms with E-state index in [0.717, 1.165) is 22.4 Å². The molecular weight excluding hydrogens is 314 g/mol. The van der Waals surface area contributed by atoms with Crippen molar-refractivity contribution in [1.82, 2.24) is 4.37 Å². The molecular formula is C17H13NO4S. The summed E-state index contributed by atoms with van der Waals surface area (Å²) in [6, 6.07) is 10.9. The number of hydrogen-bond acceptors (Lipinski definition) is 6. The van der Waals surface area contributed by atoms with Crippen molar-refractivity contribution in [3.63, 3.8) is 0 Å². The molecule has 0 unspecified atom stereocenters. The normalized spacial score (nSPS) is 12.4. The van der Waals surface area contributed by atoms with Gasteiger partial charge in [0.2, 0.25) is 12.5 Å². The molecule has 0 saturated heterocycles. The summed E-state index contributed by atoms with van der Waals surface area (Å²) in [7, 11) is 1.60. The van der Waals surface area contributed by atoms with Crippen LogP contribution in [-0.2, 0) is 0 Å². The van der Waals surface area contributed by atoms with E-state index < -0.39 is 0 Å². The summed E-state index contributed by atoms with van der Waals surface area (Å²) in [6.45, 7) is 0.191. The third kappa shape index (κ3) is 2.37. The number of ether oxygens (including phenoxy) is 3. The van der Waals surface area contributed by atoms with Gasteiger partial charge in [0.25, 0.3) is 0 Å². The minimum absolute atomic E-state index is 0.191. The van der Waals surface area contributed by atoms with Crippen LogP contribution in [0.15, 0.2) is 41.8 Å². The van der Waals surface area contributed by atoms with Gasteiger partial charge in [0.1, 0.15) is 5.75 Å². The molecule has 0 spiro atoms. The number of fused-ring (bicyclic) bond motifs is 1. The van der Waals surface area contributed by atoms with Crippen molar-refractivity contribution in [3.8, 4) is 45.4 Å². The first-order valence-electron chi connectivity index (χ1n) is 6.98. The second-order valence-electron chi connectivity index (χ2n) is 5.04. The topological polar surface area (TPSA) is 60.8 Å². The predicted molar refractivity (Wildman–Crippen MR) is 87.3 cm³/mol. The first-order valence-corrected chi connectivity index (χ1v) is 7.81. The van der Waals surface area contributed by atoms with Crippen LogP contribution < -0.4 is 14.2 Å². The summed E-state index contributed by atoms with van der Waals surface area (Å²) in [4.78, 5) is 0. The van der Waals surface area contributed by atoms with Gasteiger partial charge in [0.15, 0.2) is 11.5 Å². The van der Waals surface area contributed by atoms with Crippen LogP contribution in [0.4, 0.5) is 0 Å². The molecule has 0 amide bonds. The van der Waals surface area contributed by atoms with Crippen molar-refractivity contribution >= 4 is 11.5 Å². The molecule has 0 atom stereocenters. The smallest absolute Gasteiger partial charge is 0.231 e. The highest BCUT2D eigenvalue weighted by Crippen LogP contribution is 2.45. The van der Waals surface area contributed by atoms with Gasteiger partial charge in [-0.2, -0.15) is 4.37 Å². The lowest BCUT2D eigenvalue weighted by atomic mass is 10.0. The van der Waals surface area contributed by atoms with Crippen molar-refractivity contribution in [1.29, 1.82) is 0 Å². The van der Waals surface area contributed by atoms with E-state index in [1.54, 1.807) is 19.2 Å². The van der Waals surface area contributed by atoms with Gasteiger partial charge in [-0.15, -0.1) is 0 Å². The van der Waals surface area contributed by atoms with Gasteiger partial charge in [-0.3, -0.25) is 0 Å². The summed E-state index contributed by atoms with van der Waals surface area (Å²) >= 11 is 1.38. The summed E-state index contributed by atoms with van der Waals surface area (Å²) in [5.41, 5.74) is 3.73. The Morgan fingerprint density at radius 2 is 1.96 bits per heavy atom. The number of aromatic nitrogens is 1. The highest BCUT2D eigenvalue weighted by atomic mass is 32.1. The van der Waals surface area contributed by atoms with E-state index in [0.29, 0.717) is 17.2 Å². The molecule has 2 heterocycles. The molecule has 4 rings (SSSR count). The second kappa shape index (κ2) is 5.48. The maximum atomic E-state index is 9.45. The number of phenols is 1. The fourth-order valence-corrected chi connectivity index (χ4v) is 3.27. The Morgan fingerprint density at radius 3 is 2.74 bits per heavy atom. The van der Waals surface area contributed by atoms with Crippen molar-refractivity contribution < 1.29 is 19.3 Å². The molecule has 1 N–H and O–H groups in total. The summed E-state index contributed by atoms with van der Waals surface area (Å²) in [5.74, 6) is 2.14. The van der Waals surface area contributed by atoms with Crippen LogP contribution in [0.2, 0.25) is 0 Å². The average Bonchev–Trinajstić information content (AvgIpc) is 3.23. The Morgan fingerprint density at radius 1 is 1.13 bits per heavy atom. The van der Waals surface area contributed by atoms with Gasteiger partial charge >= 0.3 is 0 Å². The fraction of sp³-hybridized carbons (Fsp3) is 0.118. The number of benzene rings is 2. The molecule has 0 radical (unpaired) electrons. The van der Waals surface area contributed by atoms with Crippen molar-refractivity contribution in [2.75, 3.05) is 13.9 Å².